The van der Waals surface area contributed by atoms with Crippen molar-refractivity contribution in [2.75, 3.05) is 59.3 Å². The molecule has 1 aromatic rings. The maximum absolute atomic E-state index is 5.82. The van der Waals surface area contributed by atoms with E-state index in [1.165, 1.54) is 0 Å². The van der Waals surface area contributed by atoms with Crippen LogP contribution < -0.4 is 10.6 Å². The van der Waals surface area contributed by atoms with Gasteiger partial charge in [-0.2, -0.15) is 0 Å². The quantitative estimate of drug-likeness (QED) is 0.169. The summed E-state index contributed by atoms with van der Waals surface area (Å²) in [6.07, 6.45) is 6.66. The molecule has 1 aliphatic heterocycles. The van der Waals surface area contributed by atoms with Crippen molar-refractivity contribution in [3.05, 3.63) is 24.2 Å². The molecule has 2 heterocycles. The van der Waals surface area contributed by atoms with Crippen LogP contribution in [0.1, 0.15) is 38.4 Å². The minimum Gasteiger partial charge on any atom is -0.469 e. The number of halogens is 1. The second kappa shape index (κ2) is 18.0. The normalized spacial score (nSPS) is 15.1. The highest BCUT2D eigenvalue weighted by molar-refractivity contribution is 14.0. The molecule has 0 unspecified atom stereocenters. The third-order valence-corrected chi connectivity index (χ3v) is 4.62. The lowest BCUT2D eigenvalue weighted by molar-refractivity contribution is 0.0205. The van der Waals surface area contributed by atoms with E-state index in [-0.39, 0.29) is 24.0 Å². The van der Waals surface area contributed by atoms with Crippen LogP contribution in [0.2, 0.25) is 0 Å². The van der Waals surface area contributed by atoms with Crippen molar-refractivity contribution in [3.8, 4) is 0 Å². The molecule has 0 atom stereocenters. The summed E-state index contributed by atoms with van der Waals surface area (Å²) in [7, 11) is 0. The molecule has 1 aromatic heterocycles. The monoisotopic (exact) mass is 523 g/mol. The Kier molecular flexibility index (Phi) is 16.2. The zero-order valence-corrected chi connectivity index (χ0v) is 20.0. The topological polar surface area (TPSA) is 77.2 Å². The Balaban J connectivity index is 0.00000420. The van der Waals surface area contributed by atoms with E-state index < -0.39 is 0 Å². The van der Waals surface area contributed by atoms with Gasteiger partial charge in [0.2, 0.25) is 0 Å². The van der Waals surface area contributed by atoms with Crippen molar-refractivity contribution in [2.24, 2.45) is 10.9 Å². The largest absolute Gasteiger partial charge is 0.469 e. The number of aliphatic imine (C=N–C) groups is 1. The molecule has 7 nitrogen and oxygen atoms in total. The third-order valence-electron chi connectivity index (χ3n) is 4.62. The van der Waals surface area contributed by atoms with Gasteiger partial charge in [-0.1, -0.05) is 0 Å². The van der Waals surface area contributed by atoms with E-state index >= 15 is 0 Å². The van der Waals surface area contributed by atoms with Gasteiger partial charge in [0.25, 0.3) is 0 Å². The molecule has 0 bridgehead atoms. The van der Waals surface area contributed by atoms with Crippen LogP contribution in [0.15, 0.2) is 27.8 Å². The van der Waals surface area contributed by atoms with Gasteiger partial charge in [-0.25, -0.2) is 0 Å². The summed E-state index contributed by atoms with van der Waals surface area (Å²) in [4.78, 5) is 4.67. The van der Waals surface area contributed by atoms with Crippen molar-refractivity contribution < 1.29 is 18.6 Å². The van der Waals surface area contributed by atoms with Gasteiger partial charge in [0, 0.05) is 65.7 Å². The highest BCUT2D eigenvalue weighted by atomic mass is 127. The van der Waals surface area contributed by atoms with E-state index in [0.717, 1.165) is 103 Å². The fourth-order valence-electron chi connectivity index (χ4n) is 2.98. The van der Waals surface area contributed by atoms with Gasteiger partial charge >= 0.3 is 0 Å². The average molecular weight is 523 g/mol. The van der Waals surface area contributed by atoms with Crippen molar-refractivity contribution in [3.63, 3.8) is 0 Å². The number of hydrogen-bond acceptors (Lipinski definition) is 5. The zero-order valence-electron chi connectivity index (χ0n) is 17.7. The average Bonchev–Trinajstić information content (AvgIpc) is 3.24. The summed E-state index contributed by atoms with van der Waals surface area (Å²) in [5.41, 5.74) is 0. The number of nitrogens with one attached hydrogen (secondary N) is 2. The van der Waals surface area contributed by atoms with E-state index in [1.807, 2.05) is 19.1 Å². The maximum atomic E-state index is 5.82. The fourth-order valence-corrected chi connectivity index (χ4v) is 2.98. The molecular weight excluding hydrogens is 485 g/mol. The molecule has 1 aliphatic rings. The SMILES string of the molecule is CCOCCCNC(=NCCCOCC1CCOCC1)NCCc1ccco1.I. The van der Waals surface area contributed by atoms with Crippen LogP contribution in [0.25, 0.3) is 0 Å². The first kappa shape index (κ1) is 26.2. The van der Waals surface area contributed by atoms with Gasteiger partial charge < -0.3 is 29.3 Å². The van der Waals surface area contributed by atoms with Crippen LogP contribution in [0.3, 0.4) is 0 Å². The zero-order chi connectivity index (χ0) is 19.7. The standard InChI is InChI=1S/C21H37N3O4.HI/c1-2-25-13-4-10-22-21(24-12-7-20-6-3-15-28-20)23-11-5-14-27-18-19-8-16-26-17-9-19;/h3,6,15,19H,2,4-5,7-14,16-18H2,1H3,(H2,22,23,24);1H. The van der Waals surface area contributed by atoms with E-state index in [9.17, 15) is 0 Å². The minimum atomic E-state index is 0. The highest BCUT2D eigenvalue weighted by Gasteiger charge is 2.13. The first-order chi connectivity index (χ1) is 13.9. The van der Waals surface area contributed by atoms with E-state index in [4.69, 9.17) is 18.6 Å². The highest BCUT2D eigenvalue weighted by Crippen LogP contribution is 2.14. The molecule has 2 rings (SSSR count). The Labute approximate surface area is 192 Å². The van der Waals surface area contributed by atoms with Crippen molar-refractivity contribution in [1.82, 2.24) is 10.6 Å². The molecule has 0 aromatic carbocycles. The molecule has 29 heavy (non-hydrogen) atoms. The number of hydrogen-bond donors (Lipinski definition) is 2. The van der Waals surface area contributed by atoms with Gasteiger partial charge in [-0.15, -0.1) is 24.0 Å². The summed E-state index contributed by atoms with van der Waals surface area (Å²) in [5.74, 6) is 2.47. The number of furan rings is 1. The number of guanidine groups is 1. The molecule has 0 amide bonds. The molecule has 168 valence electrons. The third kappa shape index (κ3) is 13.1. The van der Waals surface area contributed by atoms with Gasteiger partial charge in [0.15, 0.2) is 5.96 Å². The summed E-state index contributed by atoms with van der Waals surface area (Å²) in [5, 5.41) is 6.75. The van der Waals surface area contributed by atoms with E-state index in [2.05, 4.69) is 15.6 Å². The van der Waals surface area contributed by atoms with Crippen LogP contribution in [0.4, 0.5) is 0 Å². The van der Waals surface area contributed by atoms with Crippen LogP contribution in [-0.4, -0.2) is 65.2 Å². The van der Waals surface area contributed by atoms with E-state index in [0.29, 0.717) is 5.92 Å². The molecule has 8 heteroatoms. The van der Waals surface area contributed by atoms with Gasteiger partial charge in [-0.3, -0.25) is 4.99 Å². The summed E-state index contributed by atoms with van der Waals surface area (Å²) >= 11 is 0. The van der Waals surface area contributed by atoms with Gasteiger partial charge in [0.1, 0.15) is 5.76 Å². The first-order valence-corrected chi connectivity index (χ1v) is 10.7. The molecule has 1 saturated heterocycles. The number of nitrogens with zero attached hydrogens (tertiary/aromatic N) is 1. The van der Waals surface area contributed by atoms with Crippen LogP contribution >= 0.6 is 24.0 Å². The molecule has 0 saturated carbocycles. The summed E-state index contributed by atoms with van der Waals surface area (Å²) in [6.45, 7) is 9.26. The van der Waals surface area contributed by atoms with Crippen LogP contribution in [0, 0.1) is 5.92 Å². The maximum Gasteiger partial charge on any atom is 0.191 e. The van der Waals surface area contributed by atoms with Crippen molar-refractivity contribution in [1.29, 1.82) is 0 Å². The molecular formula is C21H38IN3O4. The first-order valence-electron chi connectivity index (χ1n) is 10.7. The fraction of sp³-hybridized carbons (Fsp3) is 0.762. The Hall–Kier alpha value is -0.840. The lowest BCUT2D eigenvalue weighted by atomic mass is 10.0. The number of ether oxygens (including phenoxy) is 3. The second-order valence-corrected chi connectivity index (χ2v) is 6.95. The molecule has 0 radical (unpaired) electrons. The Morgan fingerprint density at radius 1 is 1.14 bits per heavy atom. The molecule has 2 N–H and O–H groups in total. The minimum absolute atomic E-state index is 0. The van der Waals surface area contributed by atoms with E-state index in [1.54, 1.807) is 6.26 Å². The van der Waals surface area contributed by atoms with Crippen molar-refractivity contribution in [2.45, 2.75) is 39.0 Å². The Morgan fingerprint density at radius 2 is 1.93 bits per heavy atom. The van der Waals surface area contributed by atoms with Gasteiger partial charge in [0.05, 0.1) is 6.26 Å². The smallest absolute Gasteiger partial charge is 0.191 e. The molecule has 0 spiro atoms. The lowest BCUT2D eigenvalue weighted by Gasteiger charge is -2.21. The second-order valence-electron chi connectivity index (χ2n) is 6.95. The Bertz CT molecular complexity index is 508. The molecule has 1 fully saturated rings. The lowest BCUT2D eigenvalue weighted by Crippen LogP contribution is -2.39. The van der Waals surface area contributed by atoms with Crippen molar-refractivity contribution >= 4 is 29.9 Å². The number of rotatable bonds is 14. The van der Waals surface area contributed by atoms with Gasteiger partial charge in [-0.05, 0) is 50.7 Å². The summed E-state index contributed by atoms with van der Waals surface area (Å²) in [6, 6.07) is 3.90. The Morgan fingerprint density at radius 3 is 2.69 bits per heavy atom. The van der Waals surface area contributed by atoms with Crippen LogP contribution in [0.5, 0.6) is 0 Å². The summed E-state index contributed by atoms with van der Waals surface area (Å²) < 4.78 is 22.0. The predicted molar refractivity (Wildman–Crippen MR) is 126 cm³/mol. The predicted octanol–water partition coefficient (Wildman–Crippen LogP) is 3.24. The van der Waals surface area contributed by atoms with Crippen LogP contribution in [-0.2, 0) is 20.6 Å². The molecule has 0 aliphatic carbocycles.